The third-order valence-corrected chi connectivity index (χ3v) is 1.41. The number of quaternary nitrogens is 1. The van der Waals surface area contributed by atoms with E-state index < -0.39 is 0 Å². The predicted octanol–water partition coefficient (Wildman–Crippen LogP) is 0.101. The summed E-state index contributed by atoms with van der Waals surface area (Å²) in [5, 5.41) is 1.96. The van der Waals surface area contributed by atoms with Crippen molar-refractivity contribution in [1.82, 2.24) is 5.01 Å². The lowest BCUT2D eigenvalue weighted by Crippen LogP contribution is -2.49. The molecule has 3 heteroatoms. The van der Waals surface area contributed by atoms with E-state index in [2.05, 4.69) is 0 Å². The van der Waals surface area contributed by atoms with E-state index in [9.17, 15) is 0 Å². The fraction of sp³-hybridized carbons (Fsp3) is 1.00. The maximum absolute atomic E-state index is 5.06. The summed E-state index contributed by atoms with van der Waals surface area (Å²) in [6.45, 7) is 0. The van der Waals surface area contributed by atoms with Crippen molar-refractivity contribution in [3.63, 3.8) is 0 Å². The molecule has 0 fully saturated rings. The Hall–Kier alpha value is -0.120. The minimum Gasteiger partial charge on any atom is -0.186 e. The molecule has 0 radical (unpaired) electrons. The molecule has 3 nitrogen and oxygen atoms in total. The molecule has 0 rings (SSSR count). The molecule has 0 aliphatic heterocycles. The molecule has 0 aromatic carbocycles. The Morgan fingerprint density at radius 2 is 1.62 bits per heavy atom. The highest BCUT2D eigenvalue weighted by Gasteiger charge is 2.16. The molecule has 0 saturated heterocycles. The Labute approximate surface area is 51.0 Å². The summed E-state index contributed by atoms with van der Waals surface area (Å²) in [4.78, 5) is 5.06. The zero-order valence-electron chi connectivity index (χ0n) is 6.30. The van der Waals surface area contributed by atoms with Crippen LogP contribution < -0.4 is 0 Å². The molecule has 0 N–H and O–H groups in total. The van der Waals surface area contributed by atoms with Crippen molar-refractivity contribution < 1.29 is 9.59 Å². The van der Waals surface area contributed by atoms with Crippen molar-refractivity contribution in [3.05, 3.63) is 0 Å². The molecule has 0 aromatic rings. The monoisotopic (exact) mass is 119 g/mol. The van der Waals surface area contributed by atoms with Gasteiger partial charge in [0, 0.05) is 14.1 Å². The summed E-state index contributed by atoms with van der Waals surface area (Å²) in [6.07, 6.45) is 0. The summed E-state index contributed by atoms with van der Waals surface area (Å²) in [6, 6.07) is 0. The molecular weight excluding hydrogens is 104 g/mol. The molecule has 0 aliphatic carbocycles. The molecule has 0 spiro atoms. The van der Waals surface area contributed by atoms with Crippen LogP contribution in [0.3, 0.4) is 0 Å². The second-order valence-corrected chi connectivity index (χ2v) is 2.32. The number of rotatable bonds is 2. The Morgan fingerprint density at radius 1 is 1.25 bits per heavy atom. The first-order valence-electron chi connectivity index (χ1n) is 2.58. The topological polar surface area (TPSA) is 12.5 Å². The third kappa shape index (κ3) is 1.78. The van der Waals surface area contributed by atoms with E-state index in [4.69, 9.17) is 4.84 Å². The van der Waals surface area contributed by atoms with Crippen LogP contribution in [0.15, 0.2) is 0 Å². The van der Waals surface area contributed by atoms with Gasteiger partial charge in [-0.25, -0.2) is 0 Å². The van der Waals surface area contributed by atoms with Crippen LogP contribution in [0.4, 0.5) is 0 Å². The average Bonchev–Trinajstić information content (AvgIpc) is 1.67. The van der Waals surface area contributed by atoms with E-state index in [1.54, 1.807) is 7.11 Å². The van der Waals surface area contributed by atoms with Gasteiger partial charge in [0.1, 0.15) is 14.1 Å². The standard InChI is InChI=1S/C5H15N2O/c1-6(2)7(3,4)8-5/h1-5H3/q+1. The van der Waals surface area contributed by atoms with Gasteiger partial charge in [-0.1, -0.05) is 0 Å². The van der Waals surface area contributed by atoms with Crippen molar-refractivity contribution in [2.45, 2.75) is 0 Å². The molecule has 0 aromatic heterocycles. The molecule has 0 atom stereocenters. The maximum Gasteiger partial charge on any atom is 0.118 e. The minimum absolute atomic E-state index is 0.458. The number of hydrogen-bond acceptors (Lipinski definition) is 2. The van der Waals surface area contributed by atoms with Crippen LogP contribution >= 0.6 is 0 Å². The molecule has 8 heavy (non-hydrogen) atoms. The summed E-state index contributed by atoms with van der Waals surface area (Å²) in [5.74, 6) is 0. The fourth-order valence-electron chi connectivity index (χ4n) is 0.163. The predicted molar refractivity (Wildman–Crippen MR) is 32.8 cm³/mol. The van der Waals surface area contributed by atoms with Crippen LogP contribution in [0.5, 0.6) is 0 Å². The summed E-state index contributed by atoms with van der Waals surface area (Å²) in [7, 11) is 9.52. The number of hydrogen-bond donors (Lipinski definition) is 0. The highest BCUT2D eigenvalue weighted by atomic mass is 16.7. The normalized spacial score (nSPS) is 12.8. The first kappa shape index (κ1) is 7.88. The first-order chi connectivity index (χ1) is 3.50. The van der Waals surface area contributed by atoms with Gasteiger partial charge in [0.15, 0.2) is 0 Å². The lowest BCUT2D eigenvalue weighted by atomic mass is 11.0. The van der Waals surface area contributed by atoms with Crippen molar-refractivity contribution in [1.29, 1.82) is 0 Å². The van der Waals surface area contributed by atoms with Gasteiger partial charge in [-0.2, -0.15) is 4.84 Å². The maximum atomic E-state index is 5.06. The zero-order valence-corrected chi connectivity index (χ0v) is 6.30. The molecule has 0 amide bonds. The lowest BCUT2D eigenvalue weighted by molar-refractivity contribution is -1.16. The Morgan fingerprint density at radius 3 is 1.62 bits per heavy atom. The fourth-order valence-corrected chi connectivity index (χ4v) is 0.163. The summed E-state index contributed by atoms with van der Waals surface area (Å²) >= 11 is 0. The van der Waals surface area contributed by atoms with E-state index in [1.165, 1.54) is 0 Å². The van der Waals surface area contributed by atoms with Crippen molar-refractivity contribution in [3.8, 4) is 0 Å². The van der Waals surface area contributed by atoms with Crippen LogP contribution in [0.2, 0.25) is 0 Å². The van der Waals surface area contributed by atoms with Crippen molar-refractivity contribution in [2.24, 2.45) is 0 Å². The van der Waals surface area contributed by atoms with Crippen LogP contribution in [-0.2, 0) is 4.84 Å². The largest absolute Gasteiger partial charge is 0.186 e. The van der Waals surface area contributed by atoms with E-state index in [-0.39, 0.29) is 0 Å². The van der Waals surface area contributed by atoms with Gasteiger partial charge in [0.25, 0.3) is 0 Å². The zero-order chi connectivity index (χ0) is 6.78. The molecule has 0 aliphatic rings. The highest BCUT2D eigenvalue weighted by molar-refractivity contribution is 4.02. The Kier molecular flexibility index (Phi) is 2.40. The second-order valence-electron chi connectivity index (χ2n) is 2.32. The van der Waals surface area contributed by atoms with Crippen molar-refractivity contribution >= 4 is 0 Å². The quantitative estimate of drug-likeness (QED) is 0.377. The van der Waals surface area contributed by atoms with E-state index >= 15 is 0 Å². The number of hydroxylamine groups is 2. The van der Waals surface area contributed by atoms with Gasteiger partial charge in [0.2, 0.25) is 0 Å². The van der Waals surface area contributed by atoms with Gasteiger partial charge in [0.05, 0.1) is 7.11 Å². The van der Waals surface area contributed by atoms with E-state index in [1.807, 2.05) is 33.2 Å². The van der Waals surface area contributed by atoms with Gasteiger partial charge in [-0.05, 0) is 0 Å². The molecule has 0 heterocycles. The van der Waals surface area contributed by atoms with Gasteiger partial charge in [-0.15, -0.1) is 9.76 Å². The van der Waals surface area contributed by atoms with Crippen LogP contribution in [-0.4, -0.2) is 45.1 Å². The van der Waals surface area contributed by atoms with Gasteiger partial charge < -0.3 is 0 Å². The van der Waals surface area contributed by atoms with E-state index in [0.29, 0.717) is 4.76 Å². The van der Waals surface area contributed by atoms with Crippen LogP contribution in [0.1, 0.15) is 0 Å². The SMILES string of the molecule is CO[N+](C)(C)N(C)C. The Balaban J connectivity index is 3.71. The van der Waals surface area contributed by atoms with Crippen LogP contribution in [0, 0.1) is 0 Å². The summed E-state index contributed by atoms with van der Waals surface area (Å²) < 4.78 is 0.458. The van der Waals surface area contributed by atoms with Gasteiger partial charge in [-0.3, -0.25) is 0 Å². The molecule has 50 valence electrons. The van der Waals surface area contributed by atoms with Crippen LogP contribution in [0.25, 0.3) is 0 Å². The van der Waals surface area contributed by atoms with E-state index in [0.717, 1.165) is 0 Å². The van der Waals surface area contributed by atoms with Crippen molar-refractivity contribution in [2.75, 3.05) is 35.3 Å². The summed E-state index contributed by atoms with van der Waals surface area (Å²) in [5.41, 5.74) is 0. The third-order valence-electron chi connectivity index (χ3n) is 1.41. The smallest absolute Gasteiger partial charge is 0.118 e. The lowest BCUT2D eigenvalue weighted by Gasteiger charge is -2.29. The molecule has 0 saturated carbocycles. The highest BCUT2D eigenvalue weighted by Crippen LogP contribution is 1.96. The second kappa shape index (κ2) is 2.44. The Bertz CT molecular complexity index is 70.8. The number of nitrogens with zero attached hydrogens (tertiary/aromatic N) is 2. The molecule has 0 unspecified atom stereocenters. The molecular formula is C5H15N2O+. The minimum atomic E-state index is 0.458. The molecule has 0 bridgehead atoms. The van der Waals surface area contributed by atoms with Gasteiger partial charge >= 0.3 is 0 Å². The average molecular weight is 119 g/mol. The first-order valence-corrected chi connectivity index (χ1v) is 2.58.